The van der Waals surface area contributed by atoms with Crippen LogP contribution in [0.5, 0.6) is 0 Å². The lowest BCUT2D eigenvalue weighted by molar-refractivity contribution is 0.102. The van der Waals surface area contributed by atoms with Crippen LogP contribution < -0.4 is 11.1 Å². The van der Waals surface area contributed by atoms with Gasteiger partial charge in [0.2, 0.25) is 0 Å². The average molecular weight is 424 g/mol. The van der Waals surface area contributed by atoms with Crippen molar-refractivity contribution in [3.63, 3.8) is 0 Å². The van der Waals surface area contributed by atoms with Crippen molar-refractivity contribution in [3.05, 3.63) is 53.3 Å². The third-order valence-corrected chi connectivity index (χ3v) is 6.90. The topological polar surface area (TPSA) is 75.3 Å². The van der Waals surface area contributed by atoms with Crippen LogP contribution in [0.15, 0.2) is 35.2 Å². The van der Waals surface area contributed by atoms with Crippen LogP contribution in [0.1, 0.15) is 30.6 Å². The molecule has 0 spiro atoms. The zero-order valence-corrected chi connectivity index (χ0v) is 16.9. The Labute approximate surface area is 171 Å². The summed E-state index contributed by atoms with van der Waals surface area (Å²) in [7, 11) is 0. The maximum Gasteiger partial charge on any atom is 0.255 e. The van der Waals surface area contributed by atoms with E-state index in [1.165, 1.54) is 6.07 Å². The van der Waals surface area contributed by atoms with Gasteiger partial charge in [0.15, 0.2) is 17.5 Å². The first-order valence-corrected chi connectivity index (χ1v) is 10.2. The summed E-state index contributed by atoms with van der Waals surface area (Å²) >= 11 is 1.59. The second-order valence-corrected chi connectivity index (χ2v) is 8.81. The molecule has 1 saturated carbocycles. The Morgan fingerprint density at radius 2 is 1.90 bits per heavy atom. The maximum absolute atomic E-state index is 13.3. The van der Waals surface area contributed by atoms with Crippen molar-refractivity contribution < 1.29 is 23.1 Å². The molecule has 4 N–H and O–H groups in total. The van der Waals surface area contributed by atoms with Crippen molar-refractivity contribution in [2.45, 2.75) is 30.4 Å². The van der Waals surface area contributed by atoms with Gasteiger partial charge in [-0.3, -0.25) is 4.79 Å². The number of carbonyl (C=O) groups is 1. The van der Waals surface area contributed by atoms with E-state index in [-0.39, 0.29) is 23.8 Å². The third kappa shape index (κ3) is 4.87. The molecular formula is C21H23F3N2O2S. The molecule has 4 atom stereocenters. The number of hydrogen-bond donors (Lipinski definition) is 3. The second-order valence-electron chi connectivity index (χ2n) is 7.59. The zero-order chi connectivity index (χ0) is 21.3. The highest BCUT2D eigenvalue weighted by Gasteiger charge is 2.47. The number of carbonyl (C=O) groups excluding carboxylic acids is 1. The first kappa shape index (κ1) is 21.5. The lowest BCUT2D eigenvalue weighted by atomic mass is 10.1. The Kier molecular flexibility index (Phi) is 6.43. The highest BCUT2D eigenvalue weighted by atomic mass is 32.2. The monoisotopic (exact) mass is 424 g/mol. The Hall–Kier alpha value is -2.19. The van der Waals surface area contributed by atoms with Gasteiger partial charge >= 0.3 is 0 Å². The third-order valence-electron chi connectivity index (χ3n) is 5.24. The molecule has 2 aromatic carbocycles. The number of hydrogen-bond acceptors (Lipinski definition) is 4. The van der Waals surface area contributed by atoms with Crippen molar-refractivity contribution in [1.82, 2.24) is 0 Å². The molecule has 156 valence electrons. The minimum atomic E-state index is -1.59. The van der Waals surface area contributed by atoms with E-state index in [1.807, 2.05) is 6.92 Å². The van der Waals surface area contributed by atoms with Crippen molar-refractivity contribution in [3.8, 4) is 0 Å². The molecule has 1 aliphatic carbocycles. The summed E-state index contributed by atoms with van der Waals surface area (Å²) in [6.07, 6.45) is 0.928. The van der Waals surface area contributed by atoms with Crippen LogP contribution in [0.3, 0.4) is 0 Å². The van der Waals surface area contributed by atoms with E-state index in [2.05, 4.69) is 12.2 Å². The first-order chi connectivity index (χ1) is 13.7. The van der Waals surface area contributed by atoms with E-state index in [4.69, 9.17) is 5.73 Å². The normalized spacial score (nSPS) is 21.7. The Bertz CT molecular complexity index is 902. The molecule has 1 amide bonds. The minimum Gasteiger partial charge on any atom is -0.398 e. The highest BCUT2D eigenvalue weighted by Crippen LogP contribution is 2.54. The second kappa shape index (κ2) is 8.67. The van der Waals surface area contributed by atoms with Gasteiger partial charge in [-0.2, -0.15) is 0 Å². The summed E-state index contributed by atoms with van der Waals surface area (Å²) < 4.78 is 39.8. The molecule has 4 unspecified atom stereocenters. The van der Waals surface area contributed by atoms with E-state index < -0.39 is 23.4 Å². The minimum absolute atomic E-state index is 0.156. The number of nitrogens with one attached hydrogen (secondary N) is 1. The standard InChI is InChI=1S/C21H23F3N2O2S/c1-10(9-27)5-14-11(2)20(14)29-18-6-12(3-4-17(18)25)21(28)26-13-7-15(22)19(24)16(23)8-13/h3-4,6-8,10-11,14,20,27H,5,9,25H2,1-2H3,(H,26,28). The van der Waals surface area contributed by atoms with Crippen LogP contribution in [-0.4, -0.2) is 22.9 Å². The van der Waals surface area contributed by atoms with Crippen LogP contribution in [0.4, 0.5) is 24.5 Å². The van der Waals surface area contributed by atoms with Gasteiger partial charge in [0.25, 0.3) is 5.91 Å². The number of thioether (sulfide) groups is 1. The fraction of sp³-hybridized carbons (Fsp3) is 0.381. The molecule has 0 aliphatic heterocycles. The van der Waals surface area contributed by atoms with Gasteiger partial charge in [-0.05, 0) is 42.4 Å². The van der Waals surface area contributed by atoms with Crippen LogP contribution in [0, 0.1) is 35.2 Å². The predicted molar refractivity (Wildman–Crippen MR) is 108 cm³/mol. The molecule has 29 heavy (non-hydrogen) atoms. The summed E-state index contributed by atoms with van der Waals surface area (Å²) in [6, 6.07) is 6.22. The number of benzene rings is 2. The molecule has 1 aliphatic rings. The van der Waals surface area contributed by atoms with E-state index in [1.54, 1.807) is 23.9 Å². The number of halogens is 3. The molecule has 0 radical (unpaired) electrons. The van der Waals surface area contributed by atoms with Gasteiger partial charge in [-0.15, -0.1) is 11.8 Å². The molecule has 0 aromatic heterocycles. The molecule has 0 bridgehead atoms. The Morgan fingerprint density at radius 3 is 2.52 bits per heavy atom. The van der Waals surface area contributed by atoms with Crippen LogP contribution in [-0.2, 0) is 0 Å². The first-order valence-electron chi connectivity index (χ1n) is 9.34. The van der Waals surface area contributed by atoms with Crippen molar-refractivity contribution in [2.24, 2.45) is 17.8 Å². The number of amides is 1. The Balaban J connectivity index is 1.71. The summed E-state index contributed by atoms with van der Waals surface area (Å²) in [5.74, 6) is -3.72. The summed E-state index contributed by atoms with van der Waals surface area (Å²) in [5, 5.41) is 12.0. The SMILES string of the molecule is CC(CO)CC1C(C)C1Sc1cc(C(=O)Nc2cc(F)c(F)c(F)c2)ccc1N. The number of aliphatic hydroxyl groups excluding tert-OH is 1. The van der Waals surface area contributed by atoms with E-state index in [9.17, 15) is 23.1 Å². The maximum atomic E-state index is 13.3. The van der Waals surface area contributed by atoms with E-state index >= 15 is 0 Å². The summed E-state index contributed by atoms with van der Waals surface area (Å²) in [6.45, 7) is 4.31. The highest BCUT2D eigenvalue weighted by molar-refractivity contribution is 8.00. The summed E-state index contributed by atoms with van der Waals surface area (Å²) in [5.41, 5.74) is 6.70. The molecular weight excluding hydrogens is 401 g/mol. The quantitative estimate of drug-likeness (QED) is 0.446. The molecule has 4 nitrogen and oxygen atoms in total. The van der Waals surface area contributed by atoms with Crippen LogP contribution >= 0.6 is 11.8 Å². The zero-order valence-electron chi connectivity index (χ0n) is 16.1. The Morgan fingerprint density at radius 1 is 1.24 bits per heavy atom. The molecule has 0 heterocycles. The lowest BCUT2D eigenvalue weighted by Crippen LogP contribution is -2.13. The number of rotatable bonds is 7. The molecule has 2 aromatic rings. The van der Waals surface area contributed by atoms with Crippen LogP contribution in [0.25, 0.3) is 0 Å². The van der Waals surface area contributed by atoms with Gasteiger partial charge in [0, 0.05) is 45.8 Å². The fourth-order valence-corrected chi connectivity index (χ4v) is 4.89. The molecule has 1 fully saturated rings. The molecule has 3 rings (SSSR count). The smallest absolute Gasteiger partial charge is 0.255 e. The van der Waals surface area contributed by atoms with Gasteiger partial charge in [0.05, 0.1) is 0 Å². The lowest BCUT2D eigenvalue weighted by Gasteiger charge is -2.10. The number of nitrogen functional groups attached to an aromatic ring is 1. The van der Waals surface area contributed by atoms with Gasteiger partial charge in [-0.25, -0.2) is 13.2 Å². The van der Waals surface area contributed by atoms with Gasteiger partial charge in [0.1, 0.15) is 0 Å². The van der Waals surface area contributed by atoms with Crippen LogP contribution in [0.2, 0.25) is 0 Å². The average Bonchev–Trinajstić information content (AvgIpc) is 3.28. The number of nitrogens with two attached hydrogens (primary N) is 1. The molecule has 8 heteroatoms. The van der Waals surface area contributed by atoms with E-state index in [0.717, 1.165) is 23.4 Å². The molecule has 0 saturated heterocycles. The number of anilines is 2. The fourth-order valence-electron chi connectivity index (χ4n) is 3.34. The van der Waals surface area contributed by atoms with Gasteiger partial charge in [-0.1, -0.05) is 13.8 Å². The summed E-state index contributed by atoms with van der Waals surface area (Å²) in [4.78, 5) is 13.2. The van der Waals surface area contributed by atoms with Crippen molar-refractivity contribution in [1.29, 1.82) is 0 Å². The predicted octanol–water partition coefficient (Wildman–Crippen LogP) is 4.68. The van der Waals surface area contributed by atoms with Crippen molar-refractivity contribution >= 4 is 29.0 Å². The van der Waals surface area contributed by atoms with Gasteiger partial charge < -0.3 is 16.2 Å². The number of aliphatic hydroxyl groups is 1. The van der Waals surface area contributed by atoms with E-state index in [0.29, 0.717) is 22.8 Å². The largest absolute Gasteiger partial charge is 0.398 e. The van der Waals surface area contributed by atoms with Crippen molar-refractivity contribution in [2.75, 3.05) is 17.7 Å².